The van der Waals surface area contributed by atoms with E-state index in [1.807, 2.05) is 56.3 Å². The third-order valence-electron chi connectivity index (χ3n) is 7.67. The molecule has 2 aliphatic heterocycles. The molecule has 5 rings (SSSR count). The maximum Gasteiger partial charge on any atom is 0.150 e. The number of phenols is 1. The quantitative estimate of drug-likeness (QED) is 0.361. The first-order chi connectivity index (χ1) is 18.2. The summed E-state index contributed by atoms with van der Waals surface area (Å²) in [5, 5.41) is 20.5. The van der Waals surface area contributed by atoms with E-state index in [0.29, 0.717) is 29.0 Å². The normalized spacial score (nSPS) is 20.0. The van der Waals surface area contributed by atoms with E-state index in [2.05, 4.69) is 24.8 Å². The molecule has 3 aromatic rings. The molecule has 0 aromatic heterocycles. The predicted octanol–water partition coefficient (Wildman–Crippen LogP) is 7.40. The summed E-state index contributed by atoms with van der Waals surface area (Å²) in [5.74, 6) is 2.15. The summed E-state index contributed by atoms with van der Waals surface area (Å²) >= 11 is 6.12. The van der Waals surface area contributed by atoms with Gasteiger partial charge in [-0.25, -0.2) is 0 Å². The van der Waals surface area contributed by atoms with Crippen molar-refractivity contribution in [1.82, 2.24) is 4.90 Å². The van der Waals surface area contributed by atoms with Gasteiger partial charge in [-0.1, -0.05) is 36.7 Å². The van der Waals surface area contributed by atoms with Gasteiger partial charge in [-0.3, -0.25) is 4.90 Å². The molecule has 1 N–H and O–H groups in total. The standard InChI is InChI=1S/C32H33ClN2O3/c1-19-11-12-35(17-19)21(3)18-37-26-8-5-23(6-9-26)32-30(24-7-10-28(33)29(36)15-24)22(4)27-14-20(2)13-25(16-34)31(27)38-32/h5-10,13-15,19,21,32,36H,11-12,17-18H2,1-4H3/t19-,21+,32?/m1/s1. The van der Waals surface area contributed by atoms with Crippen LogP contribution in [0.5, 0.6) is 17.2 Å². The number of aromatic hydroxyl groups is 1. The third-order valence-corrected chi connectivity index (χ3v) is 7.99. The van der Waals surface area contributed by atoms with Crippen LogP contribution < -0.4 is 9.47 Å². The smallest absolute Gasteiger partial charge is 0.150 e. The molecule has 0 aliphatic carbocycles. The lowest BCUT2D eigenvalue weighted by molar-refractivity contribution is 0.169. The Kier molecular flexibility index (Phi) is 7.38. The summed E-state index contributed by atoms with van der Waals surface area (Å²) in [6.07, 6.45) is 0.772. The number of nitriles is 1. The Balaban J connectivity index is 1.47. The lowest BCUT2D eigenvalue weighted by Gasteiger charge is -2.32. The van der Waals surface area contributed by atoms with Crippen LogP contribution in [0.1, 0.15) is 61.1 Å². The van der Waals surface area contributed by atoms with Crippen molar-refractivity contribution in [3.63, 3.8) is 0 Å². The Morgan fingerprint density at radius 3 is 2.58 bits per heavy atom. The SMILES string of the molecule is CC1=C(c2ccc(Cl)c(O)c2)C(c2ccc(OC[C@H](C)N3CC[C@@H](C)C3)cc2)Oc2c(C#N)cc(C)cc21. The molecule has 0 saturated carbocycles. The highest BCUT2D eigenvalue weighted by atomic mass is 35.5. The minimum absolute atomic E-state index is 0.0150. The van der Waals surface area contributed by atoms with Crippen molar-refractivity contribution in [3.05, 3.63) is 87.4 Å². The second-order valence-electron chi connectivity index (χ2n) is 10.6. The van der Waals surface area contributed by atoms with Crippen LogP contribution in [-0.4, -0.2) is 35.7 Å². The fraction of sp³-hybridized carbons (Fsp3) is 0.344. The number of phenolic OH excluding ortho intramolecular Hbond substituents is 1. The molecule has 3 aromatic carbocycles. The van der Waals surface area contributed by atoms with Crippen molar-refractivity contribution in [2.24, 2.45) is 5.92 Å². The summed E-state index contributed by atoms with van der Waals surface area (Å²) < 4.78 is 12.7. The van der Waals surface area contributed by atoms with Crippen LogP contribution in [0.25, 0.3) is 11.1 Å². The van der Waals surface area contributed by atoms with Crippen molar-refractivity contribution in [2.75, 3.05) is 19.7 Å². The van der Waals surface area contributed by atoms with Crippen LogP contribution in [0.2, 0.25) is 5.02 Å². The Morgan fingerprint density at radius 1 is 1.16 bits per heavy atom. The van der Waals surface area contributed by atoms with E-state index >= 15 is 0 Å². The van der Waals surface area contributed by atoms with E-state index in [0.717, 1.165) is 58.2 Å². The fourth-order valence-electron chi connectivity index (χ4n) is 5.49. The monoisotopic (exact) mass is 528 g/mol. The average molecular weight is 529 g/mol. The molecule has 5 nitrogen and oxygen atoms in total. The maximum atomic E-state index is 10.4. The van der Waals surface area contributed by atoms with Crippen molar-refractivity contribution in [3.8, 4) is 23.3 Å². The van der Waals surface area contributed by atoms with Crippen LogP contribution in [-0.2, 0) is 0 Å². The van der Waals surface area contributed by atoms with Gasteiger partial charge in [0.05, 0.1) is 10.6 Å². The molecule has 38 heavy (non-hydrogen) atoms. The molecule has 0 spiro atoms. The number of hydrogen-bond donors (Lipinski definition) is 1. The zero-order chi connectivity index (χ0) is 27.0. The maximum absolute atomic E-state index is 10.4. The number of allylic oxidation sites excluding steroid dienone is 1. The van der Waals surface area contributed by atoms with Gasteiger partial charge in [-0.2, -0.15) is 5.26 Å². The van der Waals surface area contributed by atoms with Gasteiger partial charge in [-0.05, 0) is 98.3 Å². The van der Waals surface area contributed by atoms with Crippen LogP contribution >= 0.6 is 11.6 Å². The Morgan fingerprint density at radius 2 is 1.92 bits per heavy atom. The molecular formula is C32H33ClN2O3. The molecule has 0 radical (unpaired) electrons. The Hall–Kier alpha value is -3.46. The number of ether oxygens (including phenoxy) is 2. The van der Waals surface area contributed by atoms with Crippen LogP contribution in [0.3, 0.4) is 0 Å². The van der Waals surface area contributed by atoms with Crippen molar-refractivity contribution in [2.45, 2.75) is 46.3 Å². The third kappa shape index (κ3) is 5.12. The molecule has 6 heteroatoms. The summed E-state index contributed by atoms with van der Waals surface area (Å²) in [6.45, 7) is 11.4. The molecule has 196 valence electrons. The lowest BCUT2D eigenvalue weighted by atomic mass is 9.85. The topological polar surface area (TPSA) is 65.7 Å². The minimum atomic E-state index is -0.475. The van der Waals surface area contributed by atoms with E-state index < -0.39 is 6.10 Å². The zero-order valence-electron chi connectivity index (χ0n) is 22.3. The highest BCUT2D eigenvalue weighted by molar-refractivity contribution is 6.32. The Bertz CT molecular complexity index is 1420. The number of fused-ring (bicyclic) bond motifs is 1. The minimum Gasteiger partial charge on any atom is -0.506 e. The molecule has 2 heterocycles. The second-order valence-corrected chi connectivity index (χ2v) is 11.0. The van der Waals surface area contributed by atoms with Gasteiger partial charge in [0.2, 0.25) is 0 Å². The van der Waals surface area contributed by atoms with Crippen LogP contribution in [0.15, 0.2) is 54.6 Å². The van der Waals surface area contributed by atoms with E-state index in [1.165, 1.54) is 6.42 Å². The van der Waals surface area contributed by atoms with Gasteiger partial charge in [0, 0.05) is 23.7 Å². The molecule has 1 unspecified atom stereocenters. The first kappa shape index (κ1) is 26.2. The number of likely N-dealkylation sites (tertiary alicyclic amines) is 1. The molecule has 3 atom stereocenters. The molecule has 0 amide bonds. The van der Waals surface area contributed by atoms with Gasteiger partial charge >= 0.3 is 0 Å². The highest BCUT2D eigenvalue weighted by Crippen LogP contribution is 2.48. The number of aryl methyl sites for hydroxylation is 1. The van der Waals surface area contributed by atoms with Crippen molar-refractivity contribution >= 4 is 22.7 Å². The summed E-state index contributed by atoms with van der Waals surface area (Å²) in [7, 11) is 0. The summed E-state index contributed by atoms with van der Waals surface area (Å²) in [6, 6.07) is 19.8. The first-order valence-corrected chi connectivity index (χ1v) is 13.5. The molecule has 2 aliphatic rings. The summed E-state index contributed by atoms with van der Waals surface area (Å²) in [4.78, 5) is 2.49. The largest absolute Gasteiger partial charge is 0.506 e. The summed E-state index contributed by atoms with van der Waals surface area (Å²) in [5.41, 5.74) is 6.03. The van der Waals surface area contributed by atoms with E-state index in [9.17, 15) is 10.4 Å². The van der Waals surface area contributed by atoms with E-state index in [-0.39, 0.29) is 5.75 Å². The highest BCUT2D eigenvalue weighted by Gasteiger charge is 2.31. The average Bonchev–Trinajstić information content (AvgIpc) is 3.35. The van der Waals surface area contributed by atoms with Gasteiger partial charge in [0.15, 0.2) is 0 Å². The number of hydrogen-bond acceptors (Lipinski definition) is 5. The second kappa shape index (κ2) is 10.7. The first-order valence-electron chi connectivity index (χ1n) is 13.1. The van der Waals surface area contributed by atoms with Gasteiger partial charge < -0.3 is 14.6 Å². The van der Waals surface area contributed by atoms with Gasteiger partial charge in [0.25, 0.3) is 0 Å². The molecular weight excluding hydrogens is 496 g/mol. The van der Waals surface area contributed by atoms with Gasteiger partial charge in [-0.15, -0.1) is 0 Å². The number of halogens is 1. The zero-order valence-corrected chi connectivity index (χ0v) is 23.0. The molecule has 1 fully saturated rings. The lowest BCUT2D eigenvalue weighted by Crippen LogP contribution is -2.35. The number of nitrogens with zero attached hydrogens (tertiary/aromatic N) is 2. The van der Waals surface area contributed by atoms with E-state index in [4.69, 9.17) is 21.1 Å². The predicted molar refractivity (Wildman–Crippen MR) is 152 cm³/mol. The van der Waals surface area contributed by atoms with Gasteiger partial charge in [0.1, 0.15) is 36.0 Å². The van der Waals surface area contributed by atoms with Crippen molar-refractivity contribution < 1.29 is 14.6 Å². The molecule has 1 saturated heterocycles. The Labute approximate surface area is 229 Å². The van der Waals surface area contributed by atoms with Crippen LogP contribution in [0.4, 0.5) is 0 Å². The number of rotatable bonds is 6. The van der Waals surface area contributed by atoms with Crippen LogP contribution in [0, 0.1) is 24.2 Å². The molecule has 0 bridgehead atoms. The van der Waals surface area contributed by atoms with E-state index in [1.54, 1.807) is 12.1 Å². The van der Waals surface area contributed by atoms with Crippen molar-refractivity contribution in [1.29, 1.82) is 5.26 Å². The number of benzene rings is 3. The fourth-order valence-corrected chi connectivity index (χ4v) is 5.61.